The summed E-state index contributed by atoms with van der Waals surface area (Å²) in [5.74, 6) is 0.0281. The first-order valence-electron chi connectivity index (χ1n) is 5.12. The molecule has 1 N–H and O–H groups in total. The maximum absolute atomic E-state index is 11.0. The molecule has 5 nitrogen and oxygen atoms in total. The number of nitrogens with one attached hydrogen (secondary N) is 1. The SMILES string of the molecule is CCC(=O)NCc1cn(C(C)(C)C)nn1. The molecular formula is C10H18N4O. The molecule has 0 saturated carbocycles. The first-order chi connectivity index (χ1) is 6.93. The van der Waals surface area contributed by atoms with Crippen LogP contribution in [0.25, 0.3) is 0 Å². The Labute approximate surface area is 89.9 Å². The molecule has 0 saturated heterocycles. The Morgan fingerprint density at radius 2 is 2.20 bits per heavy atom. The van der Waals surface area contributed by atoms with Gasteiger partial charge in [0.1, 0.15) is 5.69 Å². The second kappa shape index (κ2) is 4.42. The zero-order chi connectivity index (χ0) is 11.5. The van der Waals surface area contributed by atoms with Crippen LogP contribution in [0.15, 0.2) is 6.20 Å². The van der Waals surface area contributed by atoms with E-state index < -0.39 is 0 Å². The van der Waals surface area contributed by atoms with Crippen molar-refractivity contribution in [3.8, 4) is 0 Å². The van der Waals surface area contributed by atoms with Crippen molar-refractivity contribution in [1.82, 2.24) is 20.3 Å². The summed E-state index contributed by atoms with van der Waals surface area (Å²) in [5.41, 5.74) is 0.715. The van der Waals surface area contributed by atoms with Crippen LogP contribution >= 0.6 is 0 Å². The van der Waals surface area contributed by atoms with E-state index in [1.165, 1.54) is 0 Å². The molecule has 0 spiro atoms. The van der Waals surface area contributed by atoms with Gasteiger partial charge in [0.25, 0.3) is 0 Å². The van der Waals surface area contributed by atoms with Gasteiger partial charge in [-0.15, -0.1) is 5.10 Å². The Hall–Kier alpha value is -1.39. The molecule has 0 aliphatic heterocycles. The molecule has 1 amide bonds. The summed E-state index contributed by atoms with van der Waals surface area (Å²) in [6.45, 7) is 8.42. The minimum atomic E-state index is -0.0694. The van der Waals surface area contributed by atoms with E-state index in [2.05, 4.69) is 36.4 Å². The fraction of sp³-hybridized carbons (Fsp3) is 0.700. The van der Waals surface area contributed by atoms with Crippen LogP contribution in [0.3, 0.4) is 0 Å². The summed E-state index contributed by atoms with van der Waals surface area (Å²) in [6, 6.07) is 0. The zero-order valence-corrected chi connectivity index (χ0v) is 9.74. The summed E-state index contributed by atoms with van der Waals surface area (Å²) in [5, 5.41) is 10.8. The maximum atomic E-state index is 11.0. The smallest absolute Gasteiger partial charge is 0.220 e. The lowest BCUT2D eigenvalue weighted by Crippen LogP contribution is -2.23. The second-order valence-corrected chi connectivity index (χ2v) is 4.46. The van der Waals surface area contributed by atoms with E-state index in [0.29, 0.717) is 13.0 Å². The molecule has 0 radical (unpaired) electrons. The number of hydrogen-bond acceptors (Lipinski definition) is 3. The third-order valence-electron chi connectivity index (χ3n) is 2.02. The molecule has 84 valence electrons. The summed E-state index contributed by atoms with van der Waals surface area (Å²) in [7, 11) is 0. The molecule has 15 heavy (non-hydrogen) atoms. The molecule has 1 aromatic rings. The number of hydrogen-bond donors (Lipinski definition) is 1. The van der Waals surface area contributed by atoms with Crippen molar-refractivity contribution in [2.75, 3.05) is 0 Å². The van der Waals surface area contributed by atoms with Gasteiger partial charge >= 0.3 is 0 Å². The highest BCUT2D eigenvalue weighted by Gasteiger charge is 2.14. The number of carbonyl (C=O) groups is 1. The third kappa shape index (κ3) is 3.34. The Morgan fingerprint density at radius 3 is 2.67 bits per heavy atom. The number of carbonyl (C=O) groups excluding carboxylic acids is 1. The lowest BCUT2D eigenvalue weighted by atomic mass is 10.1. The molecule has 0 atom stereocenters. The van der Waals surface area contributed by atoms with Gasteiger partial charge in [-0.1, -0.05) is 12.1 Å². The molecular weight excluding hydrogens is 192 g/mol. The van der Waals surface area contributed by atoms with Gasteiger partial charge in [0.15, 0.2) is 0 Å². The van der Waals surface area contributed by atoms with Crippen molar-refractivity contribution >= 4 is 5.91 Å². The molecule has 0 aliphatic rings. The van der Waals surface area contributed by atoms with E-state index in [1.54, 1.807) is 4.68 Å². The average molecular weight is 210 g/mol. The maximum Gasteiger partial charge on any atom is 0.220 e. The van der Waals surface area contributed by atoms with E-state index in [9.17, 15) is 4.79 Å². The van der Waals surface area contributed by atoms with Crippen LogP contribution in [0.5, 0.6) is 0 Å². The monoisotopic (exact) mass is 210 g/mol. The molecule has 0 aromatic carbocycles. The van der Waals surface area contributed by atoms with Gasteiger partial charge in [0.05, 0.1) is 18.3 Å². The Kier molecular flexibility index (Phi) is 3.44. The minimum Gasteiger partial charge on any atom is -0.350 e. The molecule has 1 aromatic heterocycles. The highest BCUT2D eigenvalue weighted by Crippen LogP contribution is 2.11. The standard InChI is InChI=1S/C10H18N4O/c1-5-9(15)11-6-8-7-14(13-12-8)10(2,3)4/h7H,5-6H2,1-4H3,(H,11,15). The Bertz CT molecular complexity index is 337. The fourth-order valence-electron chi connectivity index (χ4n) is 1.02. The van der Waals surface area contributed by atoms with E-state index in [-0.39, 0.29) is 11.4 Å². The van der Waals surface area contributed by atoms with Gasteiger partial charge in [0.2, 0.25) is 5.91 Å². The van der Waals surface area contributed by atoms with Gasteiger partial charge in [-0.25, -0.2) is 4.68 Å². The predicted molar refractivity (Wildman–Crippen MR) is 57.2 cm³/mol. The van der Waals surface area contributed by atoms with Crippen LogP contribution in [0, 0.1) is 0 Å². The van der Waals surface area contributed by atoms with Crippen molar-refractivity contribution in [3.05, 3.63) is 11.9 Å². The topological polar surface area (TPSA) is 59.8 Å². The van der Waals surface area contributed by atoms with Crippen molar-refractivity contribution in [3.63, 3.8) is 0 Å². The molecule has 0 aliphatic carbocycles. The second-order valence-electron chi connectivity index (χ2n) is 4.46. The molecule has 5 heteroatoms. The van der Waals surface area contributed by atoms with Gasteiger partial charge < -0.3 is 5.32 Å². The van der Waals surface area contributed by atoms with E-state index in [0.717, 1.165) is 5.69 Å². The van der Waals surface area contributed by atoms with E-state index in [1.807, 2.05) is 13.1 Å². The largest absolute Gasteiger partial charge is 0.350 e. The summed E-state index contributed by atoms with van der Waals surface area (Å²) >= 11 is 0. The molecule has 0 fully saturated rings. The normalized spacial score (nSPS) is 11.5. The van der Waals surface area contributed by atoms with E-state index in [4.69, 9.17) is 0 Å². The summed E-state index contributed by atoms with van der Waals surface area (Å²) in [6.07, 6.45) is 2.35. The van der Waals surface area contributed by atoms with Gasteiger partial charge in [0, 0.05) is 6.42 Å². The lowest BCUT2D eigenvalue weighted by Gasteiger charge is -2.17. The lowest BCUT2D eigenvalue weighted by molar-refractivity contribution is -0.120. The van der Waals surface area contributed by atoms with Crippen molar-refractivity contribution in [2.45, 2.75) is 46.2 Å². The van der Waals surface area contributed by atoms with Gasteiger partial charge in [-0.05, 0) is 20.8 Å². The Morgan fingerprint density at radius 1 is 1.53 bits per heavy atom. The Balaban J connectivity index is 2.58. The van der Waals surface area contributed by atoms with Gasteiger partial charge in [-0.2, -0.15) is 0 Å². The van der Waals surface area contributed by atoms with E-state index >= 15 is 0 Å². The molecule has 1 rings (SSSR count). The first kappa shape index (κ1) is 11.7. The number of rotatable bonds is 3. The van der Waals surface area contributed by atoms with Crippen LogP contribution < -0.4 is 5.32 Å². The zero-order valence-electron chi connectivity index (χ0n) is 9.74. The summed E-state index contributed by atoms with van der Waals surface area (Å²) < 4.78 is 1.79. The highest BCUT2D eigenvalue weighted by molar-refractivity contribution is 5.75. The van der Waals surface area contributed by atoms with Gasteiger partial charge in [-0.3, -0.25) is 4.79 Å². The molecule has 0 bridgehead atoms. The highest BCUT2D eigenvalue weighted by atomic mass is 16.1. The van der Waals surface area contributed by atoms with Crippen molar-refractivity contribution in [1.29, 1.82) is 0 Å². The fourth-order valence-corrected chi connectivity index (χ4v) is 1.02. The van der Waals surface area contributed by atoms with Crippen LogP contribution in [-0.2, 0) is 16.9 Å². The number of aromatic nitrogens is 3. The summed E-state index contributed by atoms with van der Waals surface area (Å²) in [4.78, 5) is 11.0. The quantitative estimate of drug-likeness (QED) is 0.811. The number of nitrogens with zero attached hydrogens (tertiary/aromatic N) is 3. The van der Waals surface area contributed by atoms with Crippen LogP contribution in [-0.4, -0.2) is 20.9 Å². The minimum absolute atomic E-state index is 0.0281. The van der Waals surface area contributed by atoms with Crippen molar-refractivity contribution in [2.24, 2.45) is 0 Å². The first-order valence-corrected chi connectivity index (χ1v) is 5.12. The van der Waals surface area contributed by atoms with Crippen LogP contribution in [0.4, 0.5) is 0 Å². The number of amides is 1. The van der Waals surface area contributed by atoms with Crippen LogP contribution in [0.2, 0.25) is 0 Å². The third-order valence-corrected chi connectivity index (χ3v) is 2.02. The van der Waals surface area contributed by atoms with Crippen LogP contribution in [0.1, 0.15) is 39.8 Å². The van der Waals surface area contributed by atoms with Crippen molar-refractivity contribution < 1.29 is 4.79 Å². The molecule has 1 heterocycles. The molecule has 0 unspecified atom stereocenters. The average Bonchev–Trinajstić information content (AvgIpc) is 2.61. The predicted octanol–water partition coefficient (Wildman–Crippen LogP) is 1.06.